The molecule has 0 bridgehead atoms. The van der Waals surface area contributed by atoms with Crippen molar-refractivity contribution in [3.8, 4) is 5.75 Å². The van der Waals surface area contributed by atoms with E-state index in [0.717, 1.165) is 30.7 Å². The molecule has 1 N–H and O–H groups in total. The van der Waals surface area contributed by atoms with Crippen molar-refractivity contribution in [1.82, 2.24) is 10.2 Å². The molecule has 1 saturated heterocycles. The van der Waals surface area contributed by atoms with Gasteiger partial charge in [-0.1, -0.05) is 12.1 Å². The summed E-state index contributed by atoms with van der Waals surface area (Å²) >= 11 is 0. The van der Waals surface area contributed by atoms with Crippen LogP contribution < -0.4 is 10.1 Å². The van der Waals surface area contributed by atoms with E-state index in [9.17, 15) is 9.59 Å². The summed E-state index contributed by atoms with van der Waals surface area (Å²) in [6.45, 7) is 7.21. The Morgan fingerprint density at radius 1 is 1.28 bits per heavy atom. The Bertz CT molecular complexity index is 571. The zero-order valence-corrected chi connectivity index (χ0v) is 15.3. The largest absolute Gasteiger partial charge is 0.494 e. The monoisotopic (exact) mass is 348 g/mol. The second-order valence-electron chi connectivity index (χ2n) is 6.37. The Hall–Kier alpha value is -2.24. The Kier molecular flexibility index (Phi) is 7.10. The average molecular weight is 348 g/mol. The Balaban J connectivity index is 1.87. The molecular formula is C19H28N2O4. The molecule has 6 nitrogen and oxygen atoms in total. The minimum absolute atomic E-state index is 0.0679. The SMILES string of the molecule is CCOc1ccc([C@@H]2CCCN2C(=O)NCCC(=O)OC(C)C)cc1. The van der Waals surface area contributed by atoms with Gasteiger partial charge in [-0.3, -0.25) is 4.79 Å². The Morgan fingerprint density at radius 2 is 2.00 bits per heavy atom. The molecular weight excluding hydrogens is 320 g/mol. The van der Waals surface area contributed by atoms with E-state index in [4.69, 9.17) is 9.47 Å². The number of hydrogen-bond donors (Lipinski definition) is 1. The third kappa shape index (κ3) is 5.66. The van der Waals surface area contributed by atoms with Crippen LogP contribution in [0.15, 0.2) is 24.3 Å². The van der Waals surface area contributed by atoms with Crippen molar-refractivity contribution in [3.05, 3.63) is 29.8 Å². The topological polar surface area (TPSA) is 67.9 Å². The van der Waals surface area contributed by atoms with Gasteiger partial charge in [-0.15, -0.1) is 0 Å². The molecule has 0 radical (unpaired) electrons. The molecule has 1 aliphatic rings. The van der Waals surface area contributed by atoms with E-state index in [1.807, 2.05) is 49.9 Å². The molecule has 2 amide bonds. The van der Waals surface area contributed by atoms with Gasteiger partial charge >= 0.3 is 12.0 Å². The summed E-state index contributed by atoms with van der Waals surface area (Å²) in [7, 11) is 0. The molecule has 1 fully saturated rings. The van der Waals surface area contributed by atoms with Gasteiger partial charge in [0, 0.05) is 13.1 Å². The highest BCUT2D eigenvalue weighted by Gasteiger charge is 2.29. The van der Waals surface area contributed by atoms with E-state index in [2.05, 4.69) is 5.32 Å². The number of benzene rings is 1. The molecule has 25 heavy (non-hydrogen) atoms. The molecule has 0 saturated carbocycles. The lowest BCUT2D eigenvalue weighted by Gasteiger charge is -2.25. The molecule has 1 aromatic rings. The van der Waals surface area contributed by atoms with Gasteiger partial charge in [-0.2, -0.15) is 0 Å². The number of rotatable bonds is 7. The molecule has 1 atom stereocenters. The molecule has 2 rings (SSSR count). The lowest BCUT2D eigenvalue weighted by atomic mass is 10.0. The Labute approximate surface area is 149 Å². The van der Waals surface area contributed by atoms with E-state index in [-0.39, 0.29) is 37.1 Å². The van der Waals surface area contributed by atoms with Crippen molar-refractivity contribution >= 4 is 12.0 Å². The number of nitrogens with zero attached hydrogens (tertiary/aromatic N) is 1. The number of hydrogen-bond acceptors (Lipinski definition) is 4. The highest BCUT2D eigenvalue weighted by atomic mass is 16.5. The minimum Gasteiger partial charge on any atom is -0.494 e. The van der Waals surface area contributed by atoms with Gasteiger partial charge in [0.25, 0.3) is 0 Å². The fraction of sp³-hybridized carbons (Fsp3) is 0.579. The lowest BCUT2D eigenvalue weighted by Crippen LogP contribution is -2.40. The fourth-order valence-electron chi connectivity index (χ4n) is 3.00. The molecule has 0 aromatic heterocycles. The van der Waals surface area contributed by atoms with Crippen molar-refractivity contribution < 1.29 is 19.1 Å². The van der Waals surface area contributed by atoms with Crippen LogP contribution in [0.1, 0.15) is 51.6 Å². The normalized spacial score (nSPS) is 16.8. The standard InChI is InChI=1S/C19H28N2O4/c1-4-24-16-9-7-15(8-10-16)17-6-5-13-21(17)19(23)20-12-11-18(22)25-14(2)3/h7-10,14,17H,4-6,11-13H2,1-3H3,(H,20,23)/t17-/m0/s1. The predicted octanol–water partition coefficient (Wildman–Crippen LogP) is 3.27. The van der Waals surface area contributed by atoms with Gasteiger partial charge in [0.2, 0.25) is 0 Å². The van der Waals surface area contributed by atoms with Crippen LogP contribution in [0.3, 0.4) is 0 Å². The number of esters is 1. The Morgan fingerprint density at radius 3 is 2.64 bits per heavy atom. The second kappa shape index (κ2) is 9.30. The average Bonchev–Trinajstić information content (AvgIpc) is 3.05. The maximum atomic E-state index is 12.4. The number of likely N-dealkylation sites (tertiary alicyclic amines) is 1. The zero-order chi connectivity index (χ0) is 18.2. The molecule has 0 spiro atoms. The first-order chi connectivity index (χ1) is 12.0. The molecule has 1 aromatic carbocycles. The van der Waals surface area contributed by atoms with E-state index < -0.39 is 0 Å². The van der Waals surface area contributed by atoms with E-state index in [0.29, 0.717) is 6.61 Å². The second-order valence-corrected chi connectivity index (χ2v) is 6.37. The predicted molar refractivity (Wildman–Crippen MR) is 95.5 cm³/mol. The summed E-state index contributed by atoms with van der Waals surface area (Å²) in [6.07, 6.45) is 1.97. The fourth-order valence-corrected chi connectivity index (χ4v) is 3.00. The van der Waals surface area contributed by atoms with Crippen LogP contribution in [0, 0.1) is 0 Å². The van der Waals surface area contributed by atoms with Crippen molar-refractivity contribution in [2.24, 2.45) is 0 Å². The maximum absolute atomic E-state index is 12.4. The van der Waals surface area contributed by atoms with Gasteiger partial charge < -0.3 is 19.7 Å². The van der Waals surface area contributed by atoms with Crippen LogP contribution in [0.2, 0.25) is 0 Å². The third-order valence-electron chi connectivity index (χ3n) is 4.06. The van der Waals surface area contributed by atoms with Crippen LogP contribution in [0.4, 0.5) is 4.79 Å². The summed E-state index contributed by atoms with van der Waals surface area (Å²) < 4.78 is 10.5. The van der Waals surface area contributed by atoms with Gasteiger partial charge in [0.1, 0.15) is 5.75 Å². The van der Waals surface area contributed by atoms with Gasteiger partial charge in [-0.25, -0.2) is 4.79 Å². The summed E-state index contributed by atoms with van der Waals surface area (Å²) in [5.74, 6) is 0.545. The number of carbonyl (C=O) groups excluding carboxylic acids is 2. The van der Waals surface area contributed by atoms with Crippen LogP contribution in [-0.2, 0) is 9.53 Å². The lowest BCUT2D eigenvalue weighted by molar-refractivity contribution is -0.147. The number of carbonyl (C=O) groups is 2. The molecule has 138 valence electrons. The number of ether oxygens (including phenoxy) is 2. The van der Waals surface area contributed by atoms with E-state index in [1.165, 1.54) is 0 Å². The summed E-state index contributed by atoms with van der Waals surface area (Å²) in [4.78, 5) is 25.8. The van der Waals surface area contributed by atoms with Crippen LogP contribution in [-0.4, -0.2) is 42.7 Å². The van der Waals surface area contributed by atoms with Crippen molar-refractivity contribution in [3.63, 3.8) is 0 Å². The zero-order valence-electron chi connectivity index (χ0n) is 15.3. The summed E-state index contributed by atoms with van der Waals surface area (Å²) in [6, 6.07) is 7.85. The molecule has 6 heteroatoms. The molecule has 1 aliphatic heterocycles. The van der Waals surface area contributed by atoms with Crippen LogP contribution >= 0.6 is 0 Å². The van der Waals surface area contributed by atoms with Crippen LogP contribution in [0.25, 0.3) is 0 Å². The number of urea groups is 1. The van der Waals surface area contributed by atoms with Crippen LogP contribution in [0.5, 0.6) is 5.75 Å². The highest BCUT2D eigenvalue weighted by Crippen LogP contribution is 2.32. The van der Waals surface area contributed by atoms with Gasteiger partial charge in [-0.05, 0) is 51.3 Å². The number of amides is 2. The van der Waals surface area contributed by atoms with Crippen molar-refractivity contribution in [2.45, 2.75) is 52.2 Å². The summed E-state index contributed by atoms with van der Waals surface area (Å²) in [5, 5.41) is 2.82. The minimum atomic E-state index is -0.292. The first-order valence-electron chi connectivity index (χ1n) is 8.98. The number of nitrogens with one attached hydrogen (secondary N) is 1. The molecule has 0 unspecified atom stereocenters. The first-order valence-corrected chi connectivity index (χ1v) is 8.98. The third-order valence-corrected chi connectivity index (χ3v) is 4.06. The smallest absolute Gasteiger partial charge is 0.317 e. The first kappa shape index (κ1) is 19.1. The van der Waals surface area contributed by atoms with Gasteiger partial charge in [0.05, 0.1) is 25.2 Å². The highest BCUT2D eigenvalue weighted by molar-refractivity contribution is 5.76. The van der Waals surface area contributed by atoms with Gasteiger partial charge in [0.15, 0.2) is 0 Å². The van der Waals surface area contributed by atoms with E-state index >= 15 is 0 Å². The molecule has 0 aliphatic carbocycles. The molecule has 1 heterocycles. The van der Waals surface area contributed by atoms with E-state index in [1.54, 1.807) is 0 Å². The summed E-state index contributed by atoms with van der Waals surface area (Å²) in [5.41, 5.74) is 1.11. The van der Waals surface area contributed by atoms with Crippen molar-refractivity contribution in [1.29, 1.82) is 0 Å². The quantitative estimate of drug-likeness (QED) is 0.768. The maximum Gasteiger partial charge on any atom is 0.317 e. The van der Waals surface area contributed by atoms with Crippen molar-refractivity contribution in [2.75, 3.05) is 19.7 Å².